The highest BCUT2D eigenvalue weighted by molar-refractivity contribution is 7.10. The van der Waals surface area contributed by atoms with E-state index in [2.05, 4.69) is 33.9 Å². The number of nitrogens with zero attached hydrogens (tertiary/aromatic N) is 1. The van der Waals surface area contributed by atoms with Gasteiger partial charge in [0.25, 0.3) is 0 Å². The standard InChI is InChI=1S/C18H25N3O2S/c1-13(10-16-4-3-8-23-16)20-18(22)19-11-14(2)21-7-5-17-15(12-21)6-9-24-17/h3-4,6,8-9,13-14H,5,7,10-12H2,1-2H3,(H2,19,20,22). The Bertz CT molecular complexity index is 653. The van der Waals surface area contributed by atoms with Crippen LogP contribution in [0.3, 0.4) is 0 Å². The zero-order valence-corrected chi connectivity index (χ0v) is 15.1. The summed E-state index contributed by atoms with van der Waals surface area (Å²) in [5.74, 6) is 0.885. The molecule has 0 aromatic carbocycles. The third-order valence-corrected chi connectivity index (χ3v) is 5.51. The summed E-state index contributed by atoms with van der Waals surface area (Å²) >= 11 is 1.85. The van der Waals surface area contributed by atoms with E-state index >= 15 is 0 Å². The van der Waals surface area contributed by atoms with E-state index in [1.165, 1.54) is 10.4 Å². The molecule has 0 radical (unpaired) electrons. The van der Waals surface area contributed by atoms with E-state index < -0.39 is 0 Å². The van der Waals surface area contributed by atoms with E-state index in [-0.39, 0.29) is 12.1 Å². The predicted molar refractivity (Wildman–Crippen MR) is 96.3 cm³/mol. The zero-order chi connectivity index (χ0) is 16.9. The Hall–Kier alpha value is -1.79. The number of hydrogen-bond donors (Lipinski definition) is 2. The first-order valence-corrected chi connectivity index (χ1v) is 9.36. The summed E-state index contributed by atoms with van der Waals surface area (Å²) in [5.41, 5.74) is 1.44. The fraction of sp³-hybridized carbons (Fsp3) is 0.500. The number of hydrogen-bond acceptors (Lipinski definition) is 4. The van der Waals surface area contributed by atoms with Crippen LogP contribution in [-0.4, -0.2) is 36.1 Å². The molecular weight excluding hydrogens is 322 g/mol. The van der Waals surface area contributed by atoms with Crippen molar-refractivity contribution in [1.29, 1.82) is 0 Å². The molecule has 0 aliphatic carbocycles. The molecule has 24 heavy (non-hydrogen) atoms. The molecule has 0 saturated heterocycles. The summed E-state index contributed by atoms with van der Waals surface area (Å²) in [6.45, 7) is 6.85. The number of carbonyl (C=O) groups is 1. The van der Waals surface area contributed by atoms with Crippen molar-refractivity contribution in [2.75, 3.05) is 13.1 Å². The maximum absolute atomic E-state index is 12.1. The molecule has 0 bridgehead atoms. The summed E-state index contributed by atoms with van der Waals surface area (Å²) < 4.78 is 5.31. The fourth-order valence-corrected chi connectivity index (χ4v) is 3.96. The van der Waals surface area contributed by atoms with Crippen LogP contribution in [0, 0.1) is 0 Å². The molecule has 2 aromatic heterocycles. The Morgan fingerprint density at radius 2 is 2.29 bits per heavy atom. The maximum atomic E-state index is 12.1. The number of carbonyl (C=O) groups excluding carboxylic acids is 1. The lowest BCUT2D eigenvalue weighted by atomic mass is 10.1. The van der Waals surface area contributed by atoms with Crippen molar-refractivity contribution >= 4 is 17.4 Å². The van der Waals surface area contributed by atoms with Gasteiger partial charge in [0.15, 0.2) is 0 Å². The zero-order valence-electron chi connectivity index (χ0n) is 14.2. The predicted octanol–water partition coefficient (Wildman–Crippen LogP) is 3.02. The van der Waals surface area contributed by atoms with Crippen molar-refractivity contribution in [2.24, 2.45) is 0 Å². The molecule has 2 unspecified atom stereocenters. The Kier molecular flexibility index (Phi) is 5.58. The number of rotatable bonds is 6. The lowest BCUT2D eigenvalue weighted by molar-refractivity contribution is 0.185. The molecule has 0 fully saturated rings. The van der Waals surface area contributed by atoms with Gasteiger partial charge in [-0.15, -0.1) is 11.3 Å². The van der Waals surface area contributed by atoms with E-state index in [4.69, 9.17) is 4.42 Å². The van der Waals surface area contributed by atoms with Gasteiger partial charge in [-0.3, -0.25) is 4.90 Å². The summed E-state index contributed by atoms with van der Waals surface area (Å²) in [7, 11) is 0. The van der Waals surface area contributed by atoms with Gasteiger partial charge in [-0.05, 0) is 49.4 Å². The average molecular weight is 347 g/mol. The van der Waals surface area contributed by atoms with Crippen LogP contribution in [0.4, 0.5) is 4.79 Å². The van der Waals surface area contributed by atoms with Gasteiger partial charge in [0, 0.05) is 43.0 Å². The van der Waals surface area contributed by atoms with E-state index in [0.29, 0.717) is 19.0 Å². The Morgan fingerprint density at radius 3 is 3.08 bits per heavy atom. The normalized spacial score (nSPS) is 17.1. The summed E-state index contributed by atoms with van der Waals surface area (Å²) in [6, 6.07) is 6.25. The van der Waals surface area contributed by atoms with Crippen LogP contribution in [0.25, 0.3) is 0 Å². The highest BCUT2D eigenvalue weighted by atomic mass is 32.1. The van der Waals surface area contributed by atoms with Gasteiger partial charge in [-0.1, -0.05) is 0 Å². The lowest BCUT2D eigenvalue weighted by Crippen LogP contribution is -2.48. The summed E-state index contributed by atoms with van der Waals surface area (Å²) in [4.78, 5) is 16.0. The van der Waals surface area contributed by atoms with E-state index in [9.17, 15) is 4.79 Å². The molecule has 2 atom stereocenters. The van der Waals surface area contributed by atoms with Crippen LogP contribution < -0.4 is 10.6 Å². The molecule has 1 aliphatic heterocycles. The molecule has 0 spiro atoms. The van der Waals surface area contributed by atoms with Crippen LogP contribution >= 0.6 is 11.3 Å². The van der Waals surface area contributed by atoms with Gasteiger partial charge in [-0.2, -0.15) is 0 Å². The summed E-state index contributed by atoms with van der Waals surface area (Å²) in [5, 5.41) is 8.12. The van der Waals surface area contributed by atoms with Crippen LogP contribution in [0.5, 0.6) is 0 Å². The van der Waals surface area contributed by atoms with Crippen LogP contribution in [0.15, 0.2) is 34.3 Å². The highest BCUT2D eigenvalue weighted by Crippen LogP contribution is 2.24. The Morgan fingerprint density at radius 1 is 1.42 bits per heavy atom. The van der Waals surface area contributed by atoms with Gasteiger partial charge in [0.2, 0.25) is 0 Å². The molecule has 1 aliphatic rings. The maximum Gasteiger partial charge on any atom is 0.315 e. The summed E-state index contributed by atoms with van der Waals surface area (Å²) in [6.07, 6.45) is 3.47. The minimum Gasteiger partial charge on any atom is -0.469 e. The van der Waals surface area contributed by atoms with Crippen molar-refractivity contribution < 1.29 is 9.21 Å². The second-order valence-electron chi connectivity index (χ2n) is 6.48. The average Bonchev–Trinajstić information content (AvgIpc) is 3.22. The topological polar surface area (TPSA) is 57.5 Å². The van der Waals surface area contributed by atoms with Crippen LogP contribution in [0.1, 0.15) is 30.0 Å². The first-order valence-electron chi connectivity index (χ1n) is 8.48. The molecule has 0 saturated carbocycles. The first-order chi connectivity index (χ1) is 11.6. The van der Waals surface area contributed by atoms with E-state index in [1.807, 2.05) is 30.4 Å². The van der Waals surface area contributed by atoms with Gasteiger partial charge in [0.05, 0.1) is 6.26 Å². The third-order valence-electron chi connectivity index (χ3n) is 4.48. The largest absolute Gasteiger partial charge is 0.469 e. The molecule has 130 valence electrons. The van der Waals surface area contributed by atoms with Gasteiger partial charge in [-0.25, -0.2) is 4.79 Å². The number of thiophene rings is 1. The van der Waals surface area contributed by atoms with E-state index in [1.54, 1.807) is 6.26 Å². The quantitative estimate of drug-likeness (QED) is 0.844. The number of urea groups is 1. The van der Waals surface area contributed by atoms with E-state index in [0.717, 1.165) is 25.3 Å². The minimum atomic E-state index is -0.117. The molecule has 3 rings (SSSR count). The molecule has 2 N–H and O–H groups in total. The van der Waals surface area contributed by atoms with Crippen molar-refractivity contribution in [2.45, 2.75) is 45.3 Å². The lowest BCUT2D eigenvalue weighted by Gasteiger charge is -2.32. The second-order valence-corrected chi connectivity index (χ2v) is 7.48. The smallest absolute Gasteiger partial charge is 0.315 e. The van der Waals surface area contributed by atoms with Crippen LogP contribution in [-0.2, 0) is 19.4 Å². The third kappa shape index (κ3) is 4.39. The molecule has 3 heterocycles. The first kappa shape index (κ1) is 17.0. The number of amides is 2. The number of furan rings is 1. The van der Waals surface area contributed by atoms with Crippen molar-refractivity contribution in [3.63, 3.8) is 0 Å². The van der Waals surface area contributed by atoms with Gasteiger partial charge < -0.3 is 15.1 Å². The SMILES string of the molecule is CC(Cc1ccco1)NC(=O)NCC(C)N1CCc2sccc2C1. The van der Waals surface area contributed by atoms with Crippen molar-refractivity contribution in [3.05, 3.63) is 46.0 Å². The molecular formula is C18H25N3O2S. The monoisotopic (exact) mass is 347 g/mol. The Labute approximate surface area is 147 Å². The fourth-order valence-electron chi connectivity index (χ4n) is 3.07. The van der Waals surface area contributed by atoms with Crippen molar-refractivity contribution in [3.8, 4) is 0 Å². The second kappa shape index (κ2) is 7.85. The minimum absolute atomic E-state index is 0.0369. The molecule has 6 heteroatoms. The highest BCUT2D eigenvalue weighted by Gasteiger charge is 2.21. The molecule has 2 amide bonds. The molecule has 2 aromatic rings. The number of fused-ring (bicyclic) bond motifs is 1. The van der Waals surface area contributed by atoms with Gasteiger partial charge >= 0.3 is 6.03 Å². The number of nitrogens with one attached hydrogen (secondary N) is 2. The molecule has 5 nitrogen and oxygen atoms in total. The van der Waals surface area contributed by atoms with Crippen molar-refractivity contribution in [1.82, 2.24) is 15.5 Å². The Balaban J connectivity index is 1.39. The van der Waals surface area contributed by atoms with Crippen LogP contribution in [0.2, 0.25) is 0 Å². The van der Waals surface area contributed by atoms with Gasteiger partial charge in [0.1, 0.15) is 5.76 Å².